The van der Waals surface area contributed by atoms with Gasteiger partial charge in [-0.3, -0.25) is 14.4 Å². The molecule has 1 aliphatic heterocycles. The number of anilines is 1. The first-order valence-electron chi connectivity index (χ1n) is 11.1. The maximum atomic E-state index is 12.1. The number of fused-ring (bicyclic) bond motifs is 1. The van der Waals surface area contributed by atoms with Gasteiger partial charge in [0, 0.05) is 43.2 Å². The number of rotatable bonds is 5. The van der Waals surface area contributed by atoms with Gasteiger partial charge in [0.25, 0.3) is 5.91 Å². The topological polar surface area (TPSA) is 108 Å². The standard InChI is InChI=1S/C26H28N4O3/c1-4-24(32)28-22-7-5-6-18(15(22)2)19-8-9-20(26(27)33)25-21(19)14-23(29-25)17-10-12-30(13-11-17)16(3)31/h5-10,14,29H,4,11-13H2,1-3H3,(H2,27,33)(H,28,32). The maximum absolute atomic E-state index is 12.1. The van der Waals surface area contributed by atoms with E-state index in [-0.39, 0.29) is 11.8 Å². The zero-order valence-corrected chi connectivity index (χ0v) is 19.1. The van der Waals surface area contributed by atoms with E-state index in [1.54, 1.807) is 17.9 Å². The predicted octanol–water partition coefficient (Wildman–Crippen LogP) is 4.23. The van der Waals surface area contributed by atoms with Gasteiger partial charge in [-0.1, -0.05) is 31.2 Å². The molecule has 2 heterocycles. The maximum Gasteiger partial charge on any atom is 0.250 e. The van der Waals surface area contributed by atoms with E-state index in [0.717, 1.165) is 45.5 Å². The van der Waals surface area contributed by atoms with Crippen molar-refractivity contribution < 1.29 is 14.4 Å². The second-order valence-electron chi connectivity index (χ2n) is 8.32. The van der Waals surface area contributed by atoms with Gasteiger partial charge in [-0.25, -0.2) is 0 Å². The highest BCUT2D eigenvalue weighted by atomic mass is 16.2. The Morgan fingerprint density at radius 2 is 1.94 bits per heavy atom. The predicted molar refractivity (Wildman–Crippen MR) is 131 cm³/mol. The second-order valence-corrected chi connectivity index (χ2v) is 8.32. The zero-order valence-electron chi connectivity index (χ0n) is 19.1. The Morgan fingerprint density at radius 1 is 1.15 bits per heavy atom. The Balaban J connectivity index is 1.84. The number of aromatic nitrogens is 1. The molecule has 0 bridgehead atoms. The molecule has 7 heteroatoms. The SMILES string of the molecule is CCC(=O)Nc1cccc(-c2ccc(C(N)=O)c3[nH]c(C4=CCN(C(C)=O)CC4)cc23)c1C. The normalized spacial score (nSPS) is 13.7. The number of primary amides is 1. The van der Waals surface area contributed by atoms with Crippen molar-refractivity contribution in [3.05, 3.63) is 59.3 Å². The van der Waals surface area contributed by atoms with Crippen molar-refractivity contribution in [2.45, 2.75) is 33.6 Å². The van der Waals surface area contributed by atoms with Crippen molar-refractivity contribution in [2.24, 2.45) is 5.73 Å². The van der Waals surface area contributed by atoms with E-state index in [2.05, 4.69) is 10.3 Å². The Kier molecular flexibility index (Phi) is 6.05. The number of carbonyl (C=O) groups is 3. The third-order valence-electron chi connectivity index (χ3n) is 6.28. The minimum Gasteiger partial charge on any atom is -0.366 e. The van der Waals surface area contributed by atoms with Crippen LogP contribution in [-0.2, 0) is 9.59 Å². The van der Waals surface area contributed by atoms with Gasteiger partial charge in [0.15, 0.2) is 0 Å². The molecule has 1 aliphatic rings. The molecule has 3 aromatic rings. The number of hydrogen-bond donors (Lipinski definition) is 3. The fourth-order valence-corrected chi connectivity index (χ4v) is 4.33. The molecular weight excluding hydrogens is 416 g/mol. The van der Waals surface area contributed by atoms with Gasteiger partial charge < -0.3 is 20.9 Å². The summed E-state index contributed by atoms with van der Waals surface area (Å²) in [5.41, 5.74) is 12.4. The van der Waals surface area contributed by atoms with E-state index in [1.165, 1.54) is 0 Å². The quantitative estimate of drug-likeness (QED) is 0.548. The van der Waals surface area contributed by atoms with E-state index in [4.69, 9.17) is 5.73 Å². The van der Waals surface area contributed by atoms with Gasteiger partial charge in [0.05, 0.1) is 11.1 Å². The van der Waals surface area contributed by atoms with Gasteiger partial charge in [-0.05, 0) is 53.8 Å². The molecule has 7 nitrogen and oxygen atoms in total. The van der Waals surface area contributed by atoms with Crippen LogP contribution in [0.1, 0.15) is 48.3 Å². The molecule has 0 atom stereocenters. The number of benzene rings is 2. The van der Waals surface area contributed by atoms with Crippen molar-refractivity contribution in [3.63, 3.8) is 0 Å². The van der Waals surface area contributed by atoms with Crippen molar-refractivity contribution in [3.8, 4) is 11.1 Å². The van der Waals surface area contributed by atoms with Crippen LogP contribution >= 0.6 is 0 Å². The first-order chi connectivity index (χ1) is 15.8. The smallest absolute Gasteiger partial charge is 0.250 e. The van der Waals surface area contributed by atoms with Gasteiger partial charge >= 0.3 is 0 Å². The highest BCUT2D eigenvalue weighted by Crippen LogP contribution is 2.37. The van der Waals surface area contributed by atoms with E-state index >= 15 is 0 Å². The molecule has 0 fully saturated rings. The molecule has 0 saturated heterocycles. The van der Waals surface area contributed by atoms with Crippen molar-refractivity contribution in [2.75, 3.05) is 18.4 Å². The molecule has 0 unspecified atom stereocenters. The lowest BCUT2D eigenvalue weighted by Crippen LogP contribution is -2.32. The van der Waals surface area contributed by atoms with Crippen LogP contribution in [0.2, 0.25) is 0 Å². The number of carbonyl (C=O) groups excluding carboxylic acids is 3. The summed E-state index contributed by atoms with van der Waals surface area (Å²) in [5.74, 6) is -0.482. The summed E-state index contributed by atoms with van der Waals surface area (Å²) >= 11 is 0. The van der Waals surface area contributed by atoms with Gasteiger partial charge in [0.1, 0.15) is 0 Å². The summed E-state index contributed by atoms with van der Waals surface area (Å²) in [7, 11) is 0. The molecule has 0 aliphatic carbocycles. The lowest BCUT2D eigenvalue weighted by Gasteiger charge is -2.24. The van der Waals surface area contributed by atoms with Crippen LogP contribution in [0.5, 0.6) is 0 Å². The highest BCUT2D eigenvalue weighted by molar-refractivity contribution is 6.10. The number of aromatic amines is 1. The number of nitrogens with zero attached hydrogens (tertiary/aromatic N) is 1. The number of H-pyrrole nitrogens is 1. The Morgan fingerprint density at radius 3 is 2.58 bits per heavy atom. The minimum absolute atomic E-state index is 0.0442. The molecule has 2 aromatic carbocycles. The Hall–Kier alpha value is -3.87. The number of nitrogens with one attached hydrogen (secondary N) is 2. The van der Waals surface area contributed by atoms with E-state index < -0.39 is 5.91 Å². The van der Waals surface area contributed by atoms with Crippen LogP contribution in [0, 0.1) is 6.92 Å². The van der Waals surface area contributed by atoms with Gasteiger partial charge in [0.2, 0.25) is 11.8 Å². The first-order valence-corrected chi connectivity index (χ1v) is 11.1. The van der Waals surface area contributed by atoms with Crippen molar-refractivity contribution in [1.29, 1.82) is 0 Å². The van der Waals surface area contributed by atoms with Crippen LogP contribution in [0.15, 0.2) is 42.5 Å². The van der Waals surface area contributed by atoms with Crippen molar-refractivity contribution >= 4 is 39.9 Å². The van der Waals surface area contributed by atoms with E-state index in [0.29, 0.717) is 30.6 Å². The lowest BCUT2D eigenvalue weighted by atomic mass is 9.94. The summed E-state index contributed by atoms with van der Waals surface area (Å²) in [6.07, 6.45) is 3.18. The molecule has 170 valence electrons. The van der Waals surface area contributed by atoms with Crippen LogP contribution in [0.3, 0.4) is 0 Å². The molecule has 33 heavy (non-hydrogen) atoms. The Bertz CT molecular complexity index is 1300. The summed E-state index contributed by atoms with van der Waals surface area (Å²) in [6.45, 7) is 6.59. The molecule has 4 N–H and O–H groups in total. The number of nitrogens with two attached hydrogens (primary N) is 1. The fraction of sp³-hybridized carbons (Fsp3) is 0.269. The monoisotopic (exact) mass is 444 g/mol. The highest BCUT2D eigenvalue weighted by Gasteiger charge is 2.20. The first kappa shape index (κ1) is 22.3. The second kappa shape index (κ2) is 8.94. The number of amides is 3. The van der Waals surface area contributed by atoms with E-state index in [9.17, 15) is 14.4 Å². The van der Waals surface area contributed by atoms with Crippen LogP contribution in [0.25, 0.3) is 27.6 Å². The van der Waals surface area contributed by atoms with Gasteiger partial charge in [-0.2, -0.15) is 0 Å². The lowest BCUT2D eigenvalue weighted by molar-refractivity contribution is -0.128. The molecule has 3 amide bonds. The van der Waals surface area contributed by atoms with Crippen LogP contribution in [-0.4, -0.2) is 40.7 Å². The summed E-state index contributed by atoms with van der Waals surface area (Å²) in [6, 6.07) is 11.5. The third-order valence-corrected chi connectivity index (χ3v) is 6.28. The molecular formula is C26H28N4O3. The van der Waals surface area contributed by atoms with Gasteiger partial charge in [-0.15, -0.1) is 0 Å². The van der Waals surface area contributed by atoms with Crippen LogP contribution in [0.4, 0.5) is 5.69 Å². The molecule has 1 aromatic heterocycles. The fourth-order valence-electron chi connectivity index (χ4n) is 4.33. The summed E-state index contributed by atoms with van der Waals surface area (Å²) in [4.78, 5) is 41.0. The summed E-state index contributed by atoms with van der Waals surface area (Å²) < 4.78 is 0. The largest absolute Gasteiger partial charge is 0.366 e. The van der Waals surface area contributed by atoms with Crippen LogP contribution < -0.4 is 11.1 Å². The zero-order chi connectivity index (χ0) is 23.7. The molecule has 4 rings (SSSR count). The third kappa shape index (κ3) is 4.26. The molecule has 0 radical (unpaired) electrons. The Labute approximate surface area is 192 Å². The average Bonchev–Trinajstić information content (AvgIpc) is 3.25. The summed E-state index contributed by atoms with van der Waals surface area (Å²) in [5, 5.41) is 3.84. The minimum atomic E-state index is -0.499. The average molecular weight is 445 g/mol. The molecule has 0 spiro atoms. The van der Waals surface area contributed by atoms with E-state index in [1.807, 2.05) is 50.3 Å². The molecule has 0 saturated carbocycles. The van der Waals surface area contributed by atoms with Crippen molar-refractivity contribution in [1.82, 2.24) is 9.88 Å². The number of hydrogen-bond acceptors (Lipinski definition) is 3.